The minimum atomic E-state index is -0.122. The molecule has 2 aliphatic rings. The Bertz CT molecular complexity index is 942. The van der Waals surface area contributed by atoms with Crippen LogP contribution < -0.4 is 4.74 Å². The van der Waals surface area contributed by atoms with Gasteiger partial charge < -0.3 is 9.47 Å². The second kappa shape index (κ2) is 9.07. The van der Waals surface area contributed by atoms with Gasteiger partial charge in [-0.15, -0.1) is 0 Å². The first-order valence-electron chi connectivity index (χ1n) is 11.3. The third-order valence-corrected chi connectivity index (χ3v) is 7.52. The number of hydrogen-bond acceptors (Lipinski definition) is 5. The number of fused-ring (bicyclic) bond motifs is 1. The molecule has 0 N–H and O–H groups in total. The van der Waals surface area contributed by atoms with Crippen molar-refractivity contribution in [3.8, 4) is 5.75 Å². The lowest BCUT2D eigenvalue weighted by Gasteiger charge is -2.37. The van der Waals surface area contributed by atoms with Gasteiger partial charge in [-0.2, -0.15) is 0 Å². The summed E-state index contributed by atoms with van der Waals surface area (Å²) in [5.74, 6) is 1.58. The molecule has 1 aromatic carbocycles. The molecule has 2 fully saturated rings. The van der Waals surface area contributed by atoms with Crippen molar-refractivity contribution in [3.05, 3.63) is 34.4 Å². The highest BCUT2D eigenvalue weighted by molar-refractivity contribution is 9.10. The Labute approximate surface area is 193 Å². The second-order valence-electron chi connectivity index (χ2n) is 10.1. The summed E-state index contributed by atoms with van der Waals surface area (Å²) in [6, 6.07) is 8.26. The van der Waals surface area contributed by atoms with E-state index in [4.69, 9.17) is 14.5 Å². The molecule has 6 heteroatoms. The molecule has 1 saturated carbocycles. The molecule has 0 unspecified atom stereocenters. The summed E-state index contributed by atoms with van der Waals surface area (Å²) in [5, 5.41) is 1.07. The number of methoxy groups -OCH3 is 1. The van der Waals surface area contributed by atoms with Gasteiger partial charge in [-0.3, -0.25) is 14.7 Å². The zero-order valence-electron chi connectivity index (χ0n) is 19.0. The summed E-state index contributed by atoms with van der Waals surface area (Å²) in [5.41, 5.74) is 2.34. The molecule has 31 heavy (non-hydrogen) atoms. The average molecular weight is 489 g/mol. The van der Waals surface area contributed by atoms with E-state index in [-0.39, 0.29) is 11.9 Å². The van der Waals surface area contributed by atoms with Crippen LogP contribution in [-0.4, -0.2) is 42.2 Å². The summed E-state index contributed by atoms with van der Waals surface area (Å²) in [4.78, 5) is 18.6. The minimum absolute atomic E-state index is 0.00734. The summed E-state index contributed by atoms with van der Waals surface area (Å²) in [7, 11) is 1.45. The molecule has 1 aliphatic heterocycles. The average Bonchev–Trinajstić information content (AvgIpc) is 2.70. The summed E-state index contributed by atoms with van der Waals surface area (Å²) >= 11 is 3.72. The molecule has 1 aliphatic carbocycles. The highest BCUT2D eigenvalue weighted by Crippen LogP contribution is 2.39. The maximum absolute atomic E-state index is 11.6. The highest BCUT2D eigenvalue weighted by Gasteiger charge is 2.33. The van der Waals surface area contributed by atoms with Crippen LogP contribution in [0.1, 0.15) is 52.1 Å². The maximum Gasteiger partial charge on any atom is 0.311 e. The van der Waals surface area contributed by atoms with Crippen molar-refractivity contribution in [1.29, 1.82) is 0 Å². The number of aromatic nitrogens is 1. The lowest BCUT2D eigenvalue weighted by atomic mass is 9.72. The maximum atomic E-state index is 11.6. The normalized spacial score (nSPS) is 22.9. The summed E-state index contributed by atoms with van der Waals surface area (Å²) in [6.07, 6.45) is 5.03. The zero-order chi connectivity index (χ0) is 22.2. The predicted octanol–water partition coefficient (Wildman–Crippen LogP) is 5.59. The third kappa shape index (κ3) is 5.23. The molecule has 4 rings (SSSR count). The molecule has 5 nitrogen and oxygen atoms in total. The quantitative estimate of drug-likeness (QED) is 0.513. The van der Waals surface area contributed by atoms with Gasteiger partial charge in [0.25, 0.3) is 0 Å². The van der Waals surface area contributed by atoms with Crippen LogP contribution in [0.5, 0.6) is 5.75 Å². The summed E-state index contributed by atoms with van der Waals surface area (Å²) < 4.78 is 12.2. The number of halogens is 1. The van der Waals surface area contributed by atoms with E-state index in [1.54, 1.807) is 0 Å². The molecule has 0 spiro atoms. The molecule has 2 aromatic rings. The van der Waals surface area contributed by atoms with Gasteiger partial charge in [-0.25, -0.2) is 0 Å². The van der Waals surface area contributed by atoms with Crippen molar-refractivity contribution in [2.45, 2.75) is 59.1 Å². The van der Waals surface area contributed by atoms with Crippen LogP contribution in [-0.2, 0) is 16.1 Å². The van der Waals surface area contributed by atoms with Gasteiger partial charge in [-0.1, -0.05) is 36.7 Å². The number of esters is 1. The van der Waals surface area contributed by atoms with E-state index in [9.17, 15) is 4.79 Å². The first kappa shape index (κ1) is 22.5. The molecule has 1 aromatic heterocycles. The number of likely N-dealkylation sites (tertiary alicyclic amines) is 1. The molecular weight excluding hydrogens is 456 g/mol. The largest absolute Gasteiger partial charge is 0.490 e. The summed E-state index contributed by atoms with van der Waals surface area (Å²) in [6.45, 7) is 9.24. The van der Waals surface area contributed by atoms with Crippen LogP contribution >= 0.6 is 15.9 Å². The van der Waals surface area contributed by atoms with Gasteiger partial charge in [-0.05, 0) is 61.3 Å². The fraction of sp³-hybridized carbons (Fsp3) is 0.600. The van der Waals surface area contributed by atoms with Crippen molar-refractivity contribution in [2.75, 3.05) is 20.2 Å². The van der Waals surface area contributed by atoms with E-state index < -0.39 is 0 Å². The van der Waals surface area contributed by atoms with Crippen molar-refractivity contribution in [3.63, 3.8) is 0 Å². The number of carbonyl (C=O) groups is 1. The number of rotatable bonds is 5. The van der Waals surface area contributed by atoms with Crippen molar-refractivity contribution in [2.24, 2.45) is 17.3 Å². The second-order valence-corrected chi connectivity index (χ2v) is 11.0. The van der Waals surface area contributed by atoms with Gasteiger partial charge in [0.1, 0.15) is 5.75 Å². The number of carbonyl (C=O) groups excluding carboxylic acids is 1. The lowest BCUT2D eigenvalue weighted by Crippen LogP contribution is -2.50. The topological polar surface area (TPSA) is 51.7 Å². The Kier molecular flexibility index (Phi) is 6.59. The Hall–Kier alpha value is -1.66. The molecule has 1 saturated heterocycles. The van der Waals surface area contributed by atoms with Crippen molar-refractivity contribution >= 4 is 32.8 Å². The van der Waals surface area contributed by atoms with E-state index in [1.807, 2.05) is 12.1 Å². The van der Waals surface area contributed by atoms with Crippen LogP contribution in [0.15, 0.2) is 28.7 Å². The number of benzene rings is 1. The zero-order valence-corrected chi connectivity index (χ0v) is 20.6. The van der Waals surface area contributed by atoms with Crippen molar-refractivity contribution in [1.82, 2.24) is 9.88 Å². The van der Waals surface area contributed by atoms with Crippen LogP contribution in [0.25, 0.3) is 10.9 Å². The molecule has 0 bridgehead atoms. The molecule has 0 amide bonds. The molecule has 168 valence electrons. The SMILES string of the molecule is COC(=O)C1CN(Cc2cc(Br)c3cc(O[C@H]4CC[C@H](C(C)(C)C)CC4)ccc3n2)C1. The smallest absolute Gasteiger partial charge is 0.311 e. The Morgan fingerprint density at radius 2 is 1.87 bits per heavy atom. The lowest BCUT2D eigenvalue weighted by molar-refractivity contribution is -0.151. The Morgan fingerprint density at radius 3 is 2.52 bits per heavy atom. The molecule has 0 atom stereocenters. The Morgan fingerprint density at radius 1 is 1.16 bits per heavy atom. The molecule has 0 radical (unpaired) electrons. The fourth-order valence-electron chi connectivity index (χ4n) is 4.85. The van der Waals surface area contributed by atoms with Gasteiger partial charge in [0.05, 0.1) is 30.3 Å². The van der Waals surface area contributed by atoms with E-state index >= 15 is 0 Å². The first-order chi connectivity index (χ1) is 14.7. The number of ether oxygens (including phenoxy) is 2. The van der Waals surface area contributed by atoms with Gasteiger partial charge in [0.15, 0.2) is 0 Å². The fourth-order valence-corrected chi connectivity index (χ4v) is 5.43. The van der Waals surface area contributed by atoms with Gasteiger partial charge in [0.2, 0.25) is 0 Å². The monoisotopic (exact) mass is 488 g/mol. The molecule has 2 heterocycles. The highest BCUT2D eigenvalue weighted by atomic mass is 79.9. The van der Waals surface area contributed by atoms with Crippen LogP contribution in [0, 0.1) is 17.3 Å². The predicted molar refractivity (Wildman–Crippen MR) is 126 cm³/mol. The van der Waals surface area contributed by atoms with Crippen LogP contribution in [0.4, 0.5) is 0 Å². The number of pyridine rings is 1. The minimum Gasteiger partial charge on any atom is -0.490 e. The Balaban J connectivity index is 1.38. The first-order valence-corrected chi connectivity index (χ1v) is 12.1. The van der Waals surface area contributed by atoms with E-state index in [0.29, 0.717) is 11.5 Å². The standard InChI is InChI=1S/C25H33BrN2O3/c1-25(2,3)17-5-7-19(8-6-17)31-20-9-10-23-21(12-20)22(26)11-18(27-23)15-28-13-16(14-28)24(29)30-4/h9-12,16-17,19H,5-8,13-15H2,1-4H3/t17-,19-. The molecular formula is C25H33BrN2O3. The van der Waals surface area contributed by atoms with Crippen molar-refractivity contribution < 1.29 is 14.3 Å². The van der Waals surface area contributed by atoms with E-state index in [2.05, 4.69) is 53.7 Å². The van der Waals surface area contributed by atoms with Crippen LogP contribution in [0.2, 0.25) is 0 Å². The van der Waals surface area contributed by atoms with Gasteiger partial charge >= 0.3 is 5.97 Å². The third-order valence-electron chi connectivity index (χ3n) is 6.86. The van der Waals surface area contributed by atoms with Crippen LogP contribution in [0.3, 0.4) is 0 Å². The van der Waals surface area contributed by atoms with E-state index in [0.717, 1.165) is 65.2 Å². The van der Waals surface area contributed by atoms with Gasteiger partial charge in [0, 0.05) is 29.5 Å². The number of hydrogen-bond donors (Lipinski definition) is 0. The number of nitrogens with zero attached hydrogens (tertiary/aromatic N) is 2. The van der Waals surface area contributed by atoms with E-state index in [1.165, 1.54) is 20.0 Å².